The van der Waals surface area contributed by atoms with Gasteiger partial charge in [0.2, 0.25) is 5.91 Å². The van der Waals surface area contributed by atoms with E-state index in [-0.39, 0.29) is 11.8 Å². The maximum atomic E-state index is 11.7. The molecule has 1 aromatic carbocycles. The lowest BCUT2D eigenvalue weighted by Crippen LogP contribution is -2.20. The van der Waals surface area contributed by atoms with Gasteiger partial charge in [0, 0.05) is 17.0 Å². The lowest BCUT2D eigenvalue weighted by Gasteiger charge is -2.10. The zero-order valence-electron chi connectivity index (χ0n) is 10.9. The highest BCUT2D eigenvalue weighted by Gasteiger charge is 2.10. The monoisotopic (exact) mass is 277 g/mol. The maximum Gasteiger partial charge on any atom is 0.228 e. The fourth-order valence-corrected chi connectivity index (χ4v) is 1.86. The molecular formula is C14H16ClN3O. The molecule has 5 heteroatoms. The molecule has 0 atom stereocenters. The van der Waals surface area contributed by atoms with Crippen molar-refractivity contribution in [2.75, 3.05) is 5.32 Å². The molecule has 2 aromatic rings. The third kappa shape index (κ3) is 3.58. The number of hydrogen-bond acceptors (Lipinski definition) is 2. The quantitative estimate of drug-likeness (QED) is 0.933. The second kappa shape index (κ2) is 5.89. The Hall–Kier alpha value is -1.81. The van der Waals surface area contributed by atoms with Crippen LogP contribution in [0, 0.1) is 5.92 Å². The zero-order valence-corrected chi connectivity index (χ0v) is 11.7. The van der Waals surface area contributed by atoms with Gasteiger partial charge in [0.25, 0.3) is 0 Å². The molecule has 0 aliphatic rings. The molecule has 0 fully saturated rings. The van der Waals surface area contributed by atoms with E-state index < -0.39 is 0 Å². The Morgan fingerprint density at radius 3 is 2.89 bits per heavy atom. The number of aromatic nitrogens is 2. The van der Waals surface area contributed by atoms with Crippen molar-refractivity contribution in [3.8, 4) is 0 Å². The summed E-state index contributed by atoms with van der Waals surface area (Å²) in [6.07, 6.45) is 1.67. The SMILES string of the molecule is CC(C)C(=O)Nc1ccnn1Cc1cccc(Cl)c1. The molecule has 19 heavy (non-hydrogen) atoms. The number of amides is 1. The van der Waals surface area contributed by atoms with Gasteiger partial charge in [0.1, 0.15) is 5.82 Å². The summed E-state index contributed by atoms with van der Waals surface area (Å²) >= 11 is 5.95. The first-order valence-electron chi connectivity index (χ1n) is 6.13. The van der Waals surface area contributed by atoms with Gasteiger partial charge in [-0.1, -0.05) is 37.6 Å². The van der Waals surface area contributed by atoms with Crippen molar-refractivity contribution >= 4 is 23.3 Å². The third-order valence-corrected chi connectivity index (χ3v) is 2.95. The van der Waals surface area contributed by atoms with Crippen molar-refractivity contribution in [3.63, 3.8) is 0 Å². The van der Waals surface area contributed by atoms with Crippen LogP contribution in [-0.4, -0.2) is 15.7 Å². The molecular weight excluding hydrogens is 262 g/mol. The fourth-order valence-electron chi connectivity index (χ4n) is 1.64. The predicted octanol–water partition coefficient (Wildman–Crippen LogP) is 3.18. The summed E-state index contributed by atoms with van der Waals surface area (Å²) in [6.45, 7) is 4.28. The number of carbonyl (C=O) groups is 1. The van der Waals surface area contributed by atoms with Gasteiger partial charge in [-0.15, -0.1) is 0 Å². The third-order valence-electron chi connectivity index (χ3n) is 2.71. The van der Waals surface area contributed by atoms with Crippen LogP contribution in [0.25, 0.3) is 0 Å². The van der Waals surface area contributed by atoms with Crippen LogP contribution in [0.5, 0.6) is 0 Å². The van der Waals surface area contributed by atoms with Gasteiger partial charge in [-0.2, -0.15) is 5.10 Å². The first-order valence-corrected chi connectivity index (χ1v) is 6.51. The minimum atomic E-state index is -0.0606. The Kier molecular flexibility index (Phi) is 4.22. The summed E-state index contributed by atoms with van der Waals surface area (Å²) < 4.78 is 1.74. The first kappa shape index (κ1) is 13.6. The normalized spacial score (nSPS) is 10.7. The average Bonchev–Trinajstić information content (AvgIpc) is 2.76. The van der Waals surface area contributed by atoms with E-state index in [2.05, 4.69) is 10.4 Å². The molecule has 0 unspecified atom stereocenters. The summed E-state index contributed by atoms with van der Waals surface area (Å²) in [5.41, 5.74) is 1.04. The molecule has 0 aliphatic heterocycles. The molecule has 1 N–H and O–H groups in total. The lowest BCUT2D eigenvalue weighted by molar-refractivity contribution is -0.118. The number of carbonyl (C=O) groups excluding carboxylic acids is 1. The van der Waals surface area contributed by atoms with Crippen molar-refractivity contribution in [1.29, 1.82) is 0 Å². The highest BCUT2D eigenvalue weighted by Crippen LogP contribution is 2.15. The van der Waals surface area contributed by atoms with Gasteiger partial charge < -0.3 is 5.32 Å². The molecule has 1 heterocycles. The second-order valence-corrected chi connectivity index (χ2v) is 5.08. The molecule has 0 saturated carbocycles. The van der Waals surface area contributed by atoms with Crippen LogP contribution in [-0.2, 0) is 11.3 Å². The van der Waals surface area contributed by atoms with E-state index in [0.29, 0.717) is 17.4 Å². The second-order valence-electron chi connectivity index (χ2n) is 4.65. The molecule has 0 spiro atoms. The first-order chi connectivity index (χ1) is 9.06. The maximum absolute atomic E-state index is 11.7. The summed E-state index contributed by atoms with van der Waals surface area (Å²) in [7, 11) is 0. The standard InChI is InChI=1S/C14H16ClN3O/c1-10(2)14(19)17-13-6-7-16-18(13)9-11-4-3-5-12(15)8-11/h3-8,10H,9H2,1-2H3,(H,17,19). The van der Waals surface area contributed by atoms with E-state index >= 15 is 0 Å². The van der Waals surface area contributed by atoms with Crippen molar-refractivity contribution in [3.05, 3.63) is 47.1 Å². The minimum absolute atomic E-state index is 0.0205. The van der Waals surface area contributed by atoms with Crippen molar-refractivity contribution in [2.24, 2.45) is 5.92 Å². The van der Waals surface area contributed by atoms with Crippen molar-refractivity contribution in [2.45, 2.75) is 20.4 Å². The van der Waals surface area contributed by atoms with E-state index in [1.165, 1.54) is 0 Å². The number of rotatable bonds is 4. The average molecular weight is 278 g/mol. The fraction of sp³-hybridized carbons (Fsp3) is 0.286. The summed E-state index contributed by atoms with van der Waals surface area (Å²) in [5, 5.41) is 7.76. The number of anilines is 1. The molecule has 0 saturated heterocycles. The van der Waals surface area contributed by atoms with E-state index in [4.69, 9.17) is 11.6 Å². The topological polar surface area (TPSA) is 46.9 Å². The predicted molar refractivity (Wildman–Crippen MR) is 76.2 cm³/mol. The van der Waals surface area contributed by atoms with Crippen LogP contribution in [0.4, 0.5) is 5.82 Å². The van der Waals surface area contributed by atoms with E-state index in [1.54, 1.807) is 16.9 Å². The van der Waals surface area contributed by atoms with Crippen molar-refractivity contribution in [1.82, 2.24) is 9.78 Å². The van der Waals surface area contributed by atoms with Gasteiger partial charge in [-0.3, -0.25) is 4.79 Å². The molecule has 0 aliphatic carbocycles. The molecule has 0 bridgehead atoms. The molecule has 0 radical (unpaired) electrons. The Morgan fingerprint density at radius 1 is 1.42 bits per heavy atom. The molecule has 100 valence electrons. The highest BCUT2D eigenvalue weighted by atomic mass is 35.5. The number of nitrogens with one attached hydrogen (secondary N) is 1. The van der Waals surface area contributed by atoms with E-state index in [1.807, 2.05) is 38.1 Å². The Morgan fingerprint density at radius 2 is 2.21 bits per heavy atom. The highest BCUT2D eigenvalue weighted by molar-refractivity contribution is 6.30. The van der Waals surface area contributed by atoms with Crippen LogP contribution in [0.1, 0.15) is 19.4 Å². The molecule has 4 nitrogen and oxygen atoms in total. The van der Waals surface area contributed by atoms with Gasteiger partial charge >= 0.3 is 0 Å². The van der Waals surface area contributed by atoms with Gasteiger partial charge in [0.05, 0.1) is 12.7 Å². The molecule has 2 rings (SSSR count). The molecule has 1 aromatic heterocycles. The van der Waals surface area contributed by atoms with Crippen LogP contribution in [0.3, 0.4) is 0 Å². The van der Waals surface area contributed by atoms with Gasteiger partial charge in [-0.05, 0) is 17.7 Å². The molecule has 1 amide bonds. The Bertz CT molecular complexity index is 578. The number of benzene rings is 1. The van der Waals surface area contributed by atoms with Crippen LogP contribution in [0.2, 0.25) is 5.02 Å². The zero-order chi connectivity index (χ0) is 13.8. The largest absolute Gasteiger partial charge is 0.311 e. The van der Waals surface area contributed by atoms with Crippen LogP contribution in [0.15, 0.2) is 36.5 Å². The van der Waals surface area contributed by atoms with E-state index in [0.717, 1.165) is 5.56 Å². The Balaban J connectivity index is 2.14. The lowest BCUT2D eigenvalue weighted by atomic mass is 10.2. The number of nitrogens with zero attached hydrogens (tertiary/aromatic N) is 2. The van der Waals surface area contributed by atoms with Gasteiger partial charge in [-0.25, -0.2) is 4.68 Å². The number of hydrogen-bond donors (Lipinski definition) is 1. The van der Waals surface area contributed by atoms with Gasteiger partial charge in [0.15, 0.2) is 0 Å². The summed E-state index contributed by atoms with van der Waals surface area (Å²) in [4.78, 5) is 11.7. The van der Waals surface area contributed by atoms with Crippen LogP contribution >= 0.6 is 11.6 Å². The van der Waals surface area contributed by atoms with Crippen molar-refractivity contribution < 1.29 is 4.79 Å². The smallest absolute Gasteiger partial charge is 0.228 e. The number of halogens is 1. The van der Waals surface area contributed by atoms with Crippen LogP contribution < -0.4 is 5.32 Å². The Labute approximate surface area is 117 Å². The summed E-state index contributed by atoms with van der Waals surface area (Å²) in [6, 6.07) is 9.37. The minimum Gasteiger partial charge on any atom is -0.311 e. The van der Waals surface area contributed by atoms with E-state index in [9.17, 15) is 4.79 Å². The summed E-state index contributed by atoms with van der Waals surface area (Å²) in [5.74, 6) is 0.612.